The number of halogens is 2. The van der Waals surface area contributed by atoms with Crippen molar-refractivity contribution in [1.82, 2.24) is 14.2 Å². The Bertz CT molecular complexity index is 1130. The van der Waals surface area contributed by atoms with Crippen LogP contribution in [0.1, 0.15) is 11.4 Å². The van der Waals surface area contributed by atoms with Gasteiger partial charge < -0.3 is 4.57 Å². The van der Waals surface area contributed by atoms with Crippen LogP contribution >= 0.6 is 46.8 Å². The molecule has 2 aromatic heterocycles. The van der Waals surface area contributed by atoms with Gasteiger partial charge in [0.1, 0.15) is 10.5 Å². The molecule has 0 N–H and O–H groups in total. The second-order valence-corrected chi connectivity index (χ2v) is 7.59. The zero-order chi connectivity index (χ0) is 18.1. The van der Waals surface area contributed by atoms with Crippen molar-refractivity contribution in [2.45, 2.75) is 13.5 Å². The summed E-state index contributed by atoms with van der Waals surface area (Å²) in [5.74, 6) is 0.449. The van der Waals surface area contributed by atoms with Gasteiger partial charge in [-0.1, -0.05) is 46.7 Å². The molecule has 3 aromatic rings. The summed E-state index contributed by atoms with van der Waals surface area (Å²) in [5, 5.41) is 5.21. The Labute approximate surface area is 162 Å². The molecule has 25 heavy (non-hydrogen) atoms. The summed E-state index contributed by atoms with van der Waals surface area (Å²) in [7, 11) is 0. The van der Waals surface area contributed by atoms with Gasteiger partial charge in [-0.05, 0) is 31.3 Å². The van der Waals surface area contributed by atoms with E-state index < -0.39 is 0 Å². The molecule has 0 atom stereocenters. The van der Waals surface area contributed by atoms with E-state index in [4.69, 9.17) is 35.4 Å². The first kappa shape index (κ1) is 18.0. The van der Waals surface area contributed by atoms with Crippen molar-refractivity contribution in [3.63, 3.8) is 0 Å². The fourth-order valence-electron chi connectivity index (χ4n) is 2.24. The average Bonchev–Trinajstić information content (AvgIpc) is 2.86. The largest absolute Gasteiger partial charge is 0.304 e. The van der Waals surface area contributed by atoms with Crippen LogP contribution in [0.4, 0.5) is 0 Å². The van der Waals surface area contributed by atoms with Gasteiger partial charge in [0.2, 0.25) is 0 Å². The highest BCUT2D eigenvalue weighted by atomic mass is 35.5. The number of hydrogen-bond donors (Lipinski definition) is 0. The van der Waals surface area contributed by atoms with Crippen molar-refractivity contribution >= 4 is 63.3 Å². The number of thiazole rings is 1. The fraction of sp³-hybridized carbons (Fsp3) is 0.125. The highest BCUT2D eigenvalue weighted by molar-refractivity contribution is 7.73. The van der Waals surface area contributed by atoms with Crippen LogP contribution in [0.25, 0.3) is 10.3 Å². The smallest absolute Gasteiger partial charge is 0.293 e. The Morgan fingerprint density at radius 3 is 2.88 bits per heavy atom. The minimum atomic E-state index is -0.275. The van der Waals surface area contributed by atoms with Gasteiger partial charge in [-0.15, -0.1) is 6.58 Å². The molecule has 0 saturated carbocycles. The number of allylic oxidation sites excluding steroid dienone is 1. The van der Waals surface area contributed by atoms with Gasteiger partial charge >= 0.3 is 0 Å². The van der Waals surface area contributed by atoms with Gasteiger partial charge in [-0.25, -0.2) is 4.98 Å². The Balaban J connectivity index is 2.14. The maximum atomic E-state index is 12.8. The zero-order valence-electron chi connectivity index (χ0n) is 13.1. The van der Waals surface area contributed by atoms with E-state index in [0.29, 0.717) is 42.3 Å². The zero-order valence-corrected chi connectivity index (χ0v) is 16.2. The first-order valence-corrected chi connectivity index (χ1v) is 9.13. The summed E-state index contributed by atoms with van der Waals surface area (Å²) in [5.41, 5.74) is 0.922. The Morgan fingerprint density at radius 2 is 2.20 bits per heavy atom. The van der Waals surface area contributed by atoms with E-state index in [-0.39, 0.29) is 5.56 Å². The van der Waals surface area contributed by atoms with Crippen molar-refractivity contribution in [1.29, 1.82) is 0 Å². The van der Waals surface area contributed by atoms with Gasteiger partial charge in [0.15, 0.2) is 9.60 Å². The summed E-state index contributed by atoms with van der Waals surface area (Å²) in [4.78, 5) is 17.2. The summed E-state index contributed by atoms with van der Waals surface area (Å²) in [6.07, 6.45) is 3.21. The molecular weight excluding hydrogens is 399 g/mol. The molecule has 0 aliphatic heterocycles. The molecule has 0 radical (unpaired) electrons. The number of rotatable bonds is 4. The lowest BCUT2D eigenvalue weighted by Crippen LogP contribution is -2.20. The molecule has 0 bridgehead atoms. The van der Waals surface area contributed by atoms with Crippen LogP contribution < -0.4 is 5.56 Å². The number of aromatic nitrogens is 3. The third kappa shape index (κ3) is 3.46. The standard InChI is InChI=1S/C16H12Cl2N4OS2/c1-3-6-21-14-13(25-16(21)24)15(23)22(9(2)20-14)19-8-10-4-5-11(17)7-12(10)18/h3-5,7-8H,1,6H2,2H3/b19-8+. The lowest BCUT2D eigenvalue weighted by Gasteiger charge is -2.05. The Kier molecular flexibility index (Phi) is 5.19. The third-order valence-electron chi connectivity index (χ3n) is 3.42. The van der Waals surface area contributed by atoms with Crippen molar-refractivity contribution in [2.75, 3.05) is 0 Å². The molecule has 2 heterocycles. The number of hydrogen-bond acceptors (Lipinski definition) is 5. The lowest BCUT2D eigenvalue weighted by molar-refractivity contribution is 0.757. The SMILES string of the molecule is C=CCn1c(=S)sc2c(=O)n(/N=C/c3ccc(Cl)cc3Cl)c(C)nc21. The van der Waals surface area contributed by atoms with Crippen molar-refractivity contribution in [2.24, 2.45) is 5.10 Å². The quantitative estimate of drug-likeness (QED) is 0.356. The number of nitrogens with zero attached hydrogens (tertiary/aromatic N) is 4. The van der Waals surface area contributed by atoms with E-state index in [2.05, 4.69) is 16.7 Å². The van der Waals surface area contributed by atoms with Crippen LogP contribution in [0, 0.1) is 10.9 Å². The number of benzene rings is 1. The van der Waals surface area contributed by atoms with Crippen molar-refractivity contribution < 1.29 is 0 Å². The topological polar surface area (TPSA) is 52.2 Å². The van der Waals surface area contributed by atoms with Crippen LogP contribution in [0.5, 0.6) is 0 Å². The molecule has 0 aliphatic rings. The summed E-state index contributed by atoms with van der Waals surface area (Å²) < 4.78 is 4.04. The van der Waals surface area contributed by atoms with E-state index in [0.717, 1.165) is 0 Å². The molecule has 0 aliphatic carbocycles. The molecule has 9 heteroatoms. The van der Waals surface area contributed by atoms with Gasteiger partial charge in [0, 0.05) is 17.1 Å². The van der Waals surface area contributed by atoms with E-state index in [1.807, 2.05) is 0 Å². The van der Waals surface area contributed by atoms with E-state index in [9.17, 15) is 4.79 Å². The average molecular weight is 411 g/mol. The summed E-state index contributed by atoms with van der Waals surface area (Å²) >= 11 is 18.5. The van der Waals surface area contributed by atoms with E-state index >= 15 is 0 Å². The van der Waals surface area contributed by atoms with Gasteiger partial charge in [0.05, 0.1) is 11.2 Å². The minimum Gasteiger partial charge on any atom is -0.304 e. The first-order chi connectivity index (χ1) is 11.9. The number of aryl methyl sites for hydroxylation is 1. The molecule has 1 aromatic carbocycles. The molecule has 128 valence electrons. The molecule has 0 unspecified atom stereocenters. The predicted molar refractivity (Wildman–Crippen MR) is 107 cm³/mol. The fourth-order valence-corrected chi connectivity index (χ4v) is 3.98. The number of fused-ring (bicyclic) bond motifs is 1. The van der Waals surface area contributed by atoms with Crippen LogP contribution in [0.2, 0.25) is 10.0 Å². The molecule has 0 amide bonds. The molecule has 0 fully saturated rings. The Hall–Kier alpha value is -1.80. The normalized spacial score (nSPS) is 11.5. The van der Waals surface area contributed by atoms with Gasteiger partial charge in [-0.2, -0.15) is 9.78 Å². The van der Waals surface area contributed by atoms with Crippen LogP contribution in [0.3, 0.4) is 0 Å². The van der Waals surface area contributed by atoms with Crippen molar-refractivity contribution in [3.05, 3.63) is 66.6 Å². The monoisotopic (exact) mass is 410 g/mol. The van der Waals surface area contributed by atoms with E-state index in [1.54, 1.807) is 35.8 Å². The molecule has 3 rings (SSSR count). The van der Waals surface area contributed by atoms with Crippen LogP contribution in [-0.4, -0.2) is 20.4 Å². The molecule has 5 nitrogen and oxygen atoms in total. The third-order valence-corrected chi connectivity index (χ3v) is 5.40. The van der Waals surface area contributed by atoms with Crippen molar-refractivity contribution in [3.8, 4) is 0 Å². The first-order valence-electron chi connectivity index (χ1n) is 7.15. The van der Waals surface area contributed by atoms with Crippen LogP contribution in [0.15, 0.2) is 40.8 Å². The predicted octanol–water partition coefficient (Wildman–Crippen LogP) is 4.67. The summed E-state index contributed by atoms with van der Waals surface area (Å²) in [6.45, 7) is 5.91. The molecule has 0 saturated heterocycles. The maximum absolute atomic E-state index is 12.8. The Morgan fingerprint density at radius 1 is 1.44 bits per heavy atom. The van der Waals surface area contributed by atoms with Gasteiger partial charge in [0.25, 0.3) is 5.56 Å². The maximum Gasteiger partial charge on any atom is 0.293 e. The van der Waals surface area contributed by atoms with Gasteiger partial charge in [-0.3, -0.25) is 4.79 Å². The second kappa shape index (κ2) is 7.21. The minimum absolute atomic E-state index is 0.275. The van der Waals surface area contributed by atoms with Crippen LogP contribution in [-0.2, 0) is 6.54 Å². The highest BCUT2D eigenvalue weighted by Gasteiger charge is 2.13. The second-order valence-electron chi connectivity index (χ2n) is 5.11. The lowest BCUT2D eigenvalue weighted by atomic mass is 10.2. The van der Waals surface area contributed by atoms with E-state index in [1.165, 1.54) is 22.2 Å². The molecule has 0 spiro atoms. The summed E-state index contributed by atoms with van der Waals surface area (Å²) in [6, 6.07) is 5.04. The highest BCUT2D eigenvalue weighted by Crippen LogP contribution is 2.20. The molecular formula is C16H12Cl2N4OS2.